The molecule has 6 nitrogen and oxygen atoms in total. The molecule has 2 aromatic heterocycles. The van der Waals surface area contributed by atoms with E-state index in [4.69, 9.17) is 0 Å². The summed E-state index contributed by atoms with van der Waals surface area (Å²) in [5, 5.41) is 4.23. The molecule has 0 N–H and O–H groups in total. The predicted molar refractivity (Wildman–Crippen MR) is 127 cm³/mol. The standard InChI is InChI=1S/C24H21N3O3.ClH/c1-14(28)15-7-9-17-16(13-15)8-10-20-21(17)18-5-4-6-19-22(18)27(20)24(30)26(23(19)29)12-11-25(2)3;/h4-10,13H,11-12H2,1-3H3;1H. The minimum Gasteiger partial charge on any atom is -0.308 e. The topological polar surface area (TPSA) is 63.8 Å². The van der Waals surface area contributed by atoms with Crippen molar-refractivity contribution in [2.45, 2.75) is 13.5 Å². The number of benzene rings is 3. The summed E-state index contributed by atoms with van der Waals surface area (Å²) in [6.07, 6.45) is 0. The SMILES string of the molecule is CC(=O)c1ccc2c(ccc3c2c2cccc4c(=O)n(CCN(C)C)c(=O)n3c42)c1.Cl. The summed E-state index contributed by atoms with van der Waals surface area (Å²) >= 11 is 0. The normalized spacial score (nSPS) is 11.7. The highest BCUT2D eigenvalue weighted by molar-refractivity contribution is 6.23. The lowest BCUT2D eigenvalue weighted by molar-refractivity contribution is 0.101. The van der Waals surface area contributed by atoms with E-state index in [0.29, 0.717) is 29.6 Å². The predicted octanol–water partition coefficient (Wildman–Crippen LogP) is 3.54. The summed E-state index contributed by atoms with van der Waals surface area (Å²) in [5.74, 6) is 0.0111. The molecule has 0 spiro atoms. The number of hydrogen-bond donors (Lipinski definition) is 0. The number of rotatable bonds is 4. The van der Waals surface area contributed by atoms with Gasteiger partial charge in [0, 0.05) is 29.4 Å². The van der Waals surface area contributed by atoms with E-state index in [1.165, 1.54) is 4.57 Å². The van der Waals surface area contributed by atoms with Gasteiger partial charge in [0.25, 0.3) is 5.56 Å². The molecule has 0 saturated carbocycles. The van der Waals surface area contributed by atoms with Gasteiger partial charge >= 0.3 is 5.69 Å². The highest BCUT2D eigenvalue weighted by Gasteiger charge is 2.20. The van der Waals surface area contributed by atoms with Crippen LogP contribution in [0.1, 0.15) is 17.3 Å². The Morgan fingerprint density at radius 2 is 1.71 bits per heavy atom. The van der Waals surface area contributed by atoms with Gasteiger partial charge in [-0.25, -0.2) is 4.79 Å². The van der Waals surface area contributed by atoms with Gasteiger partial charge in [0.15, 0.2) is 5.78 Å². The first-order valence-corrected chi connectivity index (χ1v) is 9.90. The molecule has 0 saturated heterocycles. The number of ketones is 1. The van der Waals surface area contributed by atoms with Crippen LogP contribution in [-0.4, -0.2) is 40.3 Å². The Bertz CT molecular complexity index is 1600. The Hall–Kier alpha value is -3.22. The first-order valence-electron chi connectivity index (χ1n) is 9.90. The van der Waals surface area contributed by atoms with Gasteiger partial charge in [0.1, 0.15) is 0 Å². The molecule has 0 unspecified atom stereocenters. The van der Waals surface area contributed by atoms with Gasteiger partial charge in [-0.05, 0) is 50.0 Å². The Balaban J connectivity index is 0.00000231. The van der Waals surface area contributed by atoms with E-state index >= 15 is 0 Å². The number of para-hydroxylation sites is 1. The molecule has 5 rings (SSSR count). The molecule has 0 bridgehead atoms. The lowest BCUT2D eigenvalue weighted by Gasteiger charge is -2.12. The Morgan fingerprint density at radius 1 is 0.968 bits per heavy atom. The number of likely N-dealkylation sites (N-methyl/N-ethyl adjacent to an activating group) is 1. The molecule has 0 amide bonds. The quantitative estimate of drug-likeness (QED) is 0.405. The molecule has 7 heteroatoms. The minimum absolute atomic E-state index is 0. The Labute approximate surface area is 184 Å². The zero-order valence-electron chi connectivity index (χ0n) is 17.5. The number of nitrogens with zero attached hydrogens (tertiary/aromatic N) is 3. The van der Waals surface area contributed by atoms with Gasteiger partial charge in [-0.3, -0.25) is 18.6 Å². The average molecular weight is 436 g/mol. The lowest BCUT2D eigenvalue weighted by Crippen LogP contribution is -2.39. The maximum Gasteiger partial charge on any atom is 0.336 e. The molecular weight excluding hydrogens is 414 g/mol. The Morgan fingerprint density at radius 3 is 2.42 bits per heavy atom. The first-order chi connectivity index (χ1) is 14.4. The van der Waals surface area contributed by atoms with Crippen LogP contribution in [-0.2, 0) is 6.54 Å². The van der Waals surface area contributed by atoms with Crippen LogP contribution in [0.3, 0.4) is 0 Å². The number of fused-ring (bicyclic) bond motifs is 5. The zero-order valence-corrected chi connectivity index (χ0v) is 18.3. The highest BCUT2D eigenvalue weighted by Crippen LogP contribution is 2.35. The fourth-order valence-electron chi connectivity index (χ4n) is 4.33. The number of carbonyl (C=O) groups excluding carboxylic acids is 1. The summed E-state index contributed by atoms with van der Waals surface area (Å²) in [6.45, 7) is 2.47. The average Bonchev–Trinajstić information content (AvgIpc) is 3.07. The second-order valence-electron chi connectivity index (χ2n) is 8.03. The van der Waals surface area contributed by atoms with E-state index in [0.717, 1.165) is 27.1 Å². The van der Waals surface area contributed by atoms with Crippen molar-refractivity contribution in [3.05, 3.63) is 74.9 Å². The summed E-state index contributed by atoms with van der Waals surface area (Å²) < 4.78 is 2.99. The van der Waals surface area contributed by atoms with Gasteiger partial charge < -0.3 is 4.90 Å². The van der Waals surface area contributed by atoms with Crippen molar-refractivity contribution < 1.29 is 4.79 Å². The number of aromatic nitrogens is 2. The molecule has 0 fully saturated rings. The third kappa shape index (κ3) is 3.02. The molecule has 0 aliphatic rings. The smallest absolute Gasteiger partial charge is 0.308 e. The number of carbonyl (C=O) groups is 1. The highest BCUT2D eigenvalue weighted by atomic mass is 35.5. The van der Waals surface area contributed by atoms with Crippen LogP contribution in [0.5, 0.6) is 0 Å². The lowest BCUT2D eigenvalue weighted by atomic mass is 10.0. The van der Waals surface area contributed by atoms with Crippen LogP contribution in [0.25, 0.3) is 38.0 Å². The van der Waals surface area contributed by atoms with Crippen LogP contribution >= 0.6 is 12.4 Å². The molecular formula is C24H22ClN3O3. The fourth-order valence-corrected chi connectivity index (χ4v) is 4.33. The van der Waals surface area contributed by atoms with E-state index < -0.39 is 0 Å². The third-order valence-electron chi connectivity index (χ3n) is 5.84. The summed E-state index contributed by atoms with van der Waals surface area (Å²) in [7, 11) is 3.83. The summed E-state index contributed by atoms with van der Waals surface area (Å²) in [4.78, 5) is 40.3. The summed E-state index contributed by atoms with van der Waals surface area (Å²) in [5.41, 5.74) is 1.50. The van der Waals surface area contributed by atoms with Gasteiger partial charge in [-0.1, -0.05) is 30.3 Å². The van der Waals surface area contributed by atoms with Crippen LogP contribution < -0.4 is 11.2 Å². The molecule has 0 radical (unpaired) electrons. The molecule has 0 atom stereocenters. The van der Waals surface area contributed by atoms with Crippen molar-refractivity contribution in [3.63, 3.8) is 0 Å². The van der Waals surface area contributed by atoms with Gasteiger partial charge in [-0.2, -0.15) is 0 Å². The number of halogens is 1. The van der Waals surface area contributed by atoms with Crippen molar-refractivity contribution in [1.29, 1.82) is 0 Å². The van der Waals surface area contributed by atoms with Gasteiger partial charge in [0.2, 0.25) is 0 Å². The second-order valence-corrected chi connectivity index (χ2v) is 8.03. The maximum absolute atomic E-state index is 13.4. The molecule has 158 valence electrons. The van der Waals surface area contributed by atoms with E-state index in [2.05, 4.69) is 0 Å². The van der Waals surface area contributed by atoms with Crippen molar-refractivity contribution >= 4 is 56.2 Å². The second kappa shape index (κ2) is 7.48. The van der Waals surface area contributed by atoms with Crippen molar-refractivity contribution in [1.82, 2.24) is 13.9 Å². The molecule has 2 heterocycles. The van der Waals surface area contributed by atoms with Crippen LogP contribution in [0.15, 0.2) is 58.1 Å². The van der Waals surface area contributed by atoms with Gasteiger partial charge in [0.05, 0.1) is 16.4 Å². The van der Waals surface area contributed by atoms with E-state index in [1.807, 2.05) is 61.5 Å². The van der Waals surface area contributed by atoms with Crippen molar-refractivity contribution in [2.75, 3.05) is 20.6 Å². The van der Waals surface area contributed by atoms with Gasteiger partial charge in [-0.15, -0.1) is 12.4 Å². The summed E-state index contributed by atoms with van der Waals surface area (Å²) in [6, 6.07) is 15.1. The third-order valence-corrected chi connectivity index (χ3v) is 5.84. The zero-order chi connectivity index (χ0) is 21.2. The Kier molecular flexibility index (Phi) is 5.07. The number of Topliss-reactive ketones (excluding diaryl/α,β-unsaturated/α-hetero) is 1. The minimum atomic E-state index is -0.319. The molecule has 3 aromatic carbocycles. The maximum atomic E-state index is 13.4. The monoisotopic (exact) mass is 435 g/mol. The fraction of sp³-hybridized carbons (Fsp3) is 0.208. The van der Waals surface area contributed by atoms with E-state index in [-0.39, 0.29) is 29.4 Å². The first kappa shape index (κ1) is 21.0. The molecule has 5 aromatic rings. The van der Waals surface area contributed by atoms with Crippen LogP contribution in [0.4, 0.5) is 0 Å². The molecule has 31 heavy (non-hydrogen) atoms. The van der Waals surface area contributed by atoms with E-state index in [9.17, 15) is 14.4 Å². The van der Waals surface area contributed by atoms with E-state index in [1.54, 1.807) is 17.4 Å². The van der Waals surface area contributed by atoms with Crippen molar-refractivity contribution in [2.24, 2.45) is 0 Å². The molecule has 0 aliphatic heterocycles. The number of hydrogen-bond acceptors (Lipinski definition) is 4. The molecule has 0 aliphatic carbocycles. The largest absolute Gasteiger partial charge is 0.336 e. The van der Waals surface area contributed by atoms with Crippen LogP contribution in [0.2, 0.25) is 0 Å². The van der Waals surface area contributed by atoms with Crippen LogP contribution in [0, 0.1) is 0 Å². The van der Waals surface area contributed by atoms with Crippen molar-refractivity contribution in [3.8, 4) is 0 Å².